The maximum absolute atomic E-state index is 12.6. The summed E-state index contributed by atoms with van der Waals surface area (Å²) in [6.07, 6.45) is 3.44. The average molecular weight is 430 g/mol. The third-order valence-corrected chi connectivity index (χ3v) is 7.39. The van der Waals surface area contributed by atoms with Gasteiger partial charge in [-0.2, -0.15) is 0 Å². The summed E-state index contributed by atoms with van der Waals surface area (Å²) in [6.45, 7) is 7.39. The second-order valence-electron chi connectivity index (χ2n) is 7.67. The third kappa shape index (κ3) is 3.96. The number of carbonyl (C=O) groups excluding carboxylic acids is 2. The standard InChI is InChI=1S/C21H23N3O3S2/c1-10-5-6-16-14(7-10)8-17(29-16)20-23-24-21(27-20)28-9-15(26)19-11(2)18(13(4)25)12(3)22-19/h8,10,22H,5-7,9H2,1-4H3/t10-/m0/s1. The van der Waals surface area contributed by atoms with Crippen LogP contribution in [0.2, 0.25) is 0 Å². The number of ketones is 2. The first-order chi connectivity index (χ1) is 13.8. The molecule has 3 aromatic heterocycles. The molecule has 1 N–H and O–H groups in total. The zero-order valence-corrected chi connectivity index (χ0v) is 18.6. The molecule has 6 nitrogen and oxygen atoms in total. The van der Waals surface area contributed by atoms with E-state index in [0.717, 1.165) is 23.4 Å². The van der Waals surface area contributed by atoms with E-state index in [1.54, 1.807) is 25.2 Å². The van der Waals surface area contributed by atoms with Crippen molar-refractivity contribution in [2.24, 2.45) is 5.92 Å². The Labute approximate surface area is 177 Å². The fraction of sp³-hybridized carbons (Fsp3) is 0.429. The molecule has 0 bridgehead atoms. The van der Waals surface area contributed by atoms with E-state index in [1.165, 1.54) is 35.5 Å². The Balaban J connectivity index is 1.45. The Morgan fingerprint density at radius 2 is 2.14 bits per heavy atom. The van der Waals surface area contributed by atoms with E-state index in [2.05, 4.69) is 28.2 Å². The van der Waals surface area contributed by atoms with E-state index >= 15 is 0 Å². The minimum absolute atomic E-state index is 0.0439. The monoisotopic (exact) mass is 429 g/mol. The summed E-state index contributed by atoms with van der Waals surface area (Å²) in [5.41, 5.74) is 3.88. The normalized spacial score (nSPS) is 16.1. The topological polar surface area (TPSA) is 88.9 Å². The summed E-state index contributed by atoms with van der Waals surface area (Å²) in [5.74, 6) is 1.25. The van der Waals surface area contributed by atoms with Gasteiger partial charge in [0, 0.05) is 16.1 Å². The molecule has 0 saturated carbocycles. The number of aromatic amines is 1. The summed E-state index contributed by atoms with van der Waals surface area (Å²) in [7, 11) is 0. The minimum atomic E-state index is -0.0941. The van der Waals surface area contributed by atoms with Crippen molar-refractivity contribution < 1.29 is 14.0 Å². The number of hydrogen-bond acceptors (Lipinski definition) is 7. The summed E-state index contributed by atoms with van der Waals surface area (Å²) >= 11 is 2.94. The molecule has 0 aliphatic heterocycles. The number of thioether (sulfide) groups is 1. The van der Waals surface area contributed by atoms with Crippen LogP contribution < -0.4 is 0 Å². The minimum Gasteiger partial charge on any atom is -0.410 e. The van der Waals surface area contributed by atoms with Gasteiger partial charge < -0.3 is 9.40 Å². The summed E-state index contributed by atoms with van der Waals surface area (Å²) in [4.78, 5) is 29.8. The summed E-state index contributed by atoms with van der Waals surface area (Å²) < 4.78 is 5.79. The lowest BCUT2D eigenvalue weighted by Gasteiger charge is -2.16. The maximum Gasteiger partial charge on any atom is 0.277 e. The van der Waals surface area contributed by atoms with Crippen molar-refractivity contribution in [2.75, 3.05) is 5.75 Å². The molecule has 8 heteroatoms. The van der Waals surface area contributed by atoms with Crippen molar-refractivity contribution in [3.8, 4) is 10.8 Å². The van der Waals surface area contributed by atoms with Gasteiger partial charge in [-0.1, -0.05) is 18.7 Å². The Morgan fingerprint density at radius 3 is 2.86 bits per heavy atom. The molecular formula is C21H23N3O3S2. The number of aryl methyl sites for hydroxylation is 2. The molecule has 152 valence electrons. The van der Waals surface area contributed by atoms with Gasteiger partial charge in [0.1, 0.15) is 0 Å². The second kappa shape index (κ2) is 7.91. The lowest BCUT2D eigenvalue weighted by Crippen LogP contribution is -2.07. The largest absolute Gasteiger partial charge is 0.410 e. The average Bonchev–Trinajstić information content (AvgIpc) is 3.36. The second-order valence-corrected chi connectivity index (χ2v) is 9.74. The quantitative estimate of drug-likeness (QED) is 0.436. The van der Waals surface area contributed by atoms with Crippen molar-refractivity contribution in [2.45, 2.75) is 52.2 Å². The third-order valence-electron chi connectivity index (χ3n) is 5.34. The summed E-state index contributed by atoms with van der Waals surface area (Å²) in [6, 6.07) is 2.16. The lowest BCUT2D eigenvalue weighted by atomic mass is 9.90. The fourth-order valence-electron chi connectivity index (χ4n) is 3.94. The molecule has 1 aliphatic rings. The van der Waals surface area contributed by atoms with Gasteiger partial charge in [-0.3, -0.25) is 9.59 Å². The molecule has 3 heterocycles. The number of nitrogens with one attached hydrogen (secondary N) is 1. The highest BCUT2D eigenvalue weighted by Crippen LogP contribution is 2.37. The molecule has 1 atom stereocenters. The van der Waals surface area contributed by atoms with Crippen molar-refractivity contribution in [3.63, 3.8) is 0 Å². The number of hydrogen-bond donors (Lipinski definition) is 1. The van der Waals surface area contributed by atoms with Gasteiger partial charge in [-0.15, -0.1) is 21.5 Å². The van der Waals surface area contributed by atoms with E-state index in [1.807, 2.05) is 0 Å². The van der Waals surface area contributed by atoms with Gasteiger partial charge in [0.15, 0.2) is 11.6 Å². The van der Waals surface area contributed by atoms with Gasteiger partial charge in [0.25, 0.3) is 11.1 Å². The van der Waals surface area contributed by atoms with E-state index < -0.39 is 0 Å². The highest BCUT2D eigenvalue weighted by molar-refractivity contribution is 7.99. The Morgan fingerprint density at radius 1 is 1.34 bits per heavy atom. The Kier molecular flexibility index (Phi) is 5.48. The van der Waals surface area contributed by atoms with Crippen LogP contribution in [0, 0.1) is 19.8 Å². The molecule has 0 spiro atoms. The molecule has 0 fully saturated rings. The predicted octanol–water partition coefficient (Wildman–Crippen LogP) is 5.05. The predicted molar refractivity (Wildman–Crippen MR) is 114 cm³/mol. The molecule has 0 saturated heterocycles. The number of aromatic nitrogens is 3. The SMILES string of the molecule is CC(=O)c1c(C)[nH]c(C(=O)CSc2nnc(-c3cc4c(s3)CC[C@H](C)C4)o2)c1C. The lowest BCUT2D eigenvalue weighted by molar-refractivity contribution is 0.101. The van der Waals surface area contributed by atoms with Crippen LogP contribution in [0.25, 0.3) is 10.8 Å². The highest BCUT2D eigenvalue weighted by Gasteiger charge is 2.23. The number of carbonyl (C=O) groups is 2. The maximum atomic E-state index is 12.6. The number of fused-ring (bicyclic) bond motifs is 1. The van der Waals surface area contributed by atoms with Gasteiger partial charge in [0.2, 0.25) is 0 Å². The number of Topliss-reactive ketones (excluding diaryl/α,β-unsaturated/α-hetero) is 2. The number of H-pyrrole nitrogens is 1. The van der Waals surface area contributed by atoms with Crippen LogP contribution in [0.15, 0.2) is 15.7 Å². The molecule has 1 aliphatic carbocycles. The number of nitrogens with zero attached hydrogens (tertiary/aromatic N) is 2. The van der Waals surface area contributed by atoms with Crippen LogP contribution in [0.4, 0.5) is 0 Å². The molecular weight excluding hydrogens is 406 g/mol. The molecule has 4 rings (SSSR count). The molecule has 0 aromatic carbocycles. The van der Waals surface area contributed by atoms with Crippen molar-refractivity contribution in [1.29, 1.82) is 0 Å². The smallest absolute Gasteiger partial charge is 0.277 e. The van der Waals surface area contributed by atoms with E-state index in [9.17, 15) is 9.59 Å². The van der Waals surface area contributed by atoms with Crippen molar-refractivity contribution in [1.82, 2.24) is 15.2 Å². The van der Waals surface area contributed by atoms with E-state index in [0.29, 0.717) is 33.9 Å². The molecule has 0 unspecified atom stereocenters. The highest BCUT2D eigenvalue weighted by atomic mass is 32.2. The van der Waals surface area contributed by atoms with Crippen molar-refractivity contribution >= 4 is 34.7 Å². The first kappa shape index (κ1) is 20.1. The number of rotatable bonds is 6. The first-order valence-corrected chi connectivity index (χ1v) is 11.4. The Bertz CT molecular complexity index is 1090. The van der Waals surface area contributed by atoms with Gasteiger partial charge >= 0.3 is 0 Å². The van der Waals surface area contributed by atoms with Crippen LogP contribution in [-0.4, -0.2) is 32.5 Å². The van der Waals surface area contributed by atoms with E-state index in [4.69, 9.17) is 4.42 Å². The molecule has 29 heavy (non-hydrogen) atoms. The van der Waals surface area contributed by atoms with Gasteiger partial charge in [-0.05, 0) is 63.1 Å². The number of thiophene rings is 1. The van der Waals surface area contributed by atoms with Crippen LogP contribution in [0.1, 0.15) is 62.8 Å². The van der Waals surface area contributed by atoms with E-state index in [-0.39, 0.29) is 17.3 Å². The first-order valence-electron chi connectivity index (χ1n) is 9.65. The van der Waals surface area contributed by atoms with Crippen LogP contribution >= 0.6 is 23.1 Å². The summed E-state index contributed by atoms with van der Waals surface area (Å²) in [5, 5.41) is 8.63. The Hall–Kier alpha value is -2.19. The molecule has 0 radical (unpaired) electrons. The zero-order valence-electron chi connectivity index (χ0n) is 16.9. The van der Waals surface area contributed by atoms with Crippen LogP contribution in [0.5, 0.6) is 0 Å². The van der Waals surface area contributed by atoms with Crippen LogP contribution in [-0.2, 0) is 12.8 Å². The van der Waals surface area contributed by atoms with Crippen molar-refractivity contribution in [3.05, 3.63) is 39.0 Å². The van der Waals surface area contributed by atoms with Gasteiger partial charge in [0.05, 0.1) is 16.3 Å². The molecule has 3 aromatic rings. The molecule has 0 amide bonds. The van der Waals surface area contributed by atoms with Gasteiger partial charge in [-0.25, -0.2) is 0 Å². The zero-order chi connectivity index (χ0) is 20.7. The fourth-order valence-corrected chi connectivity index (χ4v) is 5.70. The van der Waals surface area contributed by atoms with Crippen LogP contribution in [0.3, 0.4) is 0 Å².